The third-order valence-electron chi connectivity index (χ3n) is 4.25. The summed E-state index contributed by atoms with van der Waals surface area (Å²) in [5, 5.41) is 3.36. The third kappa shape index (κ3) is 2.58. The quantitative estimate of drug-likeness (QED) is 0.890. The SMILES string of the molecule is CCC1CN(C(=O)c2cccc3c2CCNC3)CCO1. The summed E-state index contributed by atoms with van der Waals surface area (Å²) in [6.07, 6.45) is 2.09. The van der Waals surface area contributed by atoms with Gasteiger partial charge in [0, 0.05) is 25.2 Å². The van der Waals surface area contributed by atoms with Crippen LogP contribution >= 0.6 is 0 Å². The van der Waals surface area contributed by atoms with E-state index >= 15 is 0 Å². The van der Waals surface area contributed by atoms with Crippen LogP contribution in [0.3, 0.4) is 0 Å². The molecule has 20 heavy (non-hydrogen) atoms. The maximum atomic E-state index is 12.8. The van der Waals surface area contributed by atoms with Gasteiger partial charge in [-0.15, -0.1) is 0 Å². The minimum Gasteiger partial charge on any atom is -0.375 e. The Hall–Kier alpha value is -1.39. The van der Waals surface area contributed by atoms with Crippen molar-refractivity contribution in [1.82, 2.24) is 10.2 Å². The third-order valence-corrected chi connectivity index (χ3v) is 4.25. The zero-order chi connectivity index (χ0) is 13.9. The number of ether oxygens (including phenoxy) is 1. The van der Waals surface area contributed by atoms with Crippen molar-refractivity contribution in [3.63, 3.8) is 0 Å². The summed E-state index contributed by atoms with van der Waals surface area (Å²) in [6, 6.07) is 6.09. The molecule has 0 aromatic heterocycles. The van der Waals surface area contributed by atoms with Gasteiger partial charge in [0.05, 0.1) is 12.7 Å². The fraction of sp³-hybridized carbons (Fsp3) is 0.562. The van der Waals surface area contributed by atoms with E-state index in [1.165, 1.54) is 11.1 Å². The van der Waals surface area contributed by atoms with Crippen LogP contribution < -0.4 is 5.32 Å². The van der Waals surface area contributed by atoms with Crippen molar-refractivity contribution < 1.29 is 9.53 Å². The number of carbonyl (C=O) groups excluding carboxylic acids is 1. The van der Waals surface area contributed by atoms with Gasteiger partial charge in [-0.2, -0.15) is 0 Å². The highest BCUT2D eigenvalue weighted by atomic mass is 16.5. The van der Waals surface area contributed by atoms with Gasteiger partial charge in [-0.05, 0) is 36.6 Å². The number of amides is 1. The van der Waals surface area contributed by atoms with E-state index in [9.17, 15) is 4.79 Å². The first-order chi connectivity index (χ1) is 9.79. The smallest absolute Gasteiger partial charge is 0.254 e. The molecule has 0 aliphatic carbocycles. The van der Waals surface area contributed by atoms with E-state index in [1.54, 1.807) is 0 Å². The molecule has 1 saturated heterocycles. The Balaban J connectivity index is 1.83. The number of fused-ring (bicyclic) bond motifs is 1. The summed E-state index contributed by atoms with van der Waals surface area (Å²) in [6.45, 7) is 6.01. The van der Waals surface area contributed by atoms with Gasteiger partial charge in [-0.25, -0.2) is 0 Å². The second-order valence-corrected chi connectivity index (χ2v) is 5.52. The van der Waals surface area contributed by atoms with Crippen LogP contribution in [0.1, 0.15) is 34.8 Å². The molecule has 0 radical (unpaired) electrons. The van der Waals surface area contributed by atoms with E-state index in [-0.39, 0.29) is 12.0 Å². The minimum atomic E-state index is 0.172. The lowest BCUT2D eigenvalue weighted by molar-refractivity contribution is -0.0226. The molecule has 2 heterocycles. The predicted octanol–water partition coefficient (Wildman–Crippen LogP) is 1.58. The highest BCUT2D eigenvalue weighted by molar-refractivity contribution is 5.96. The van der Waals surface area contributed by atoms with Gasteiger partial charge in [-0.3, -0.25) is 4.79 Å². The van der Waals surface area contributed by atoms with Gasteiger partial charge < -0.3 is 15.0 Å². The zero-order valence-electron chi connectivity index (χ0n) is 12.0. The van der Waals surface area contributed by atoms with Crippen LogP contribution in [0.5, 0.6) is 0 Å². The van der Waals surface area contributed by atoms with Crippen LogP contribution in [-0.4, -0.2) is 43.2 Å². The van der Waals surface area contributed by atoms with Crippen LogP contribution in [0.15, 0.2) is 18.2 Å². The number of morpholine rings is 1. The van der Waals surface area contributed by atoms with E-state index in [4.69, 9.17) is 4.74 Å². The molecule has 0 bridgehead atoms. The standard InChI is InChI=1S/C16H22N2O2/c1-2-13-11-18(8-9-20-13)16(19)15-5-3-4-12-10-17-7-6-14(12)15/h3-5,13,17H,2,6-11H2,1H3. The van der Waals surface area contributed by atoms with Crippen LogP contribution in [0.4, 0.5) is 0 Å². The summed E-state index contributed by atoms with van der Waals surface area (Å²) in [7, 11) is 0. The highest BCUT2D eigenvalue weighted by Crippen LogP contribution is 2.21. The summed E-state index contributed by atoms with van der Waals surface area (Å²) < 4.78 is 5.65. The average molecular weight is 274 g/mol. The Morgan fingerprint density at radius 3 is 3.25 bits per heavy atom. The molecule has 1 N–H and O–H groups in total. The summed E-state index contributed by atoms with van der Waals surface area (Å²) in [5.74, 6) is 0.172. The van der Waals surface area contributed by atoms with Crippen molar-refractivity contribution in [2.75, 3.05) is 26.2 Å². The van der Waals surface area contributed by atoms with E-state index in [1.807, 2.05) is 17.0 Å². The van der Waals surface area contributed by atoms with Crippen molar-refractivity contribution in [2.45, 2.75) is 32.4 Å². The first kappa shape index (κ1) is 13.6. The van der Waals surface area contributed by atoms with E-state index in [0.717, 1.165) is 38.0 Å². The number of nitrogens with zero attached hydrogens (tertiary/aromatic N) is 1. The van der Waals surface area contributed by atoms with Crippen LogP contribution in [-0.2, 0) is 17.7 Å². The van der Waals surface area contributed by atoms with Crippen molar-refractivity contribution in [1.29, 1.82) is 0 Å². The van der Waals surface area contributed by atoms with Gasteiger partial charge in [0.2, 0.25) is 0 Å². The summed E-state index contributed by atoms with van der Waals surface area (Å²) >= 11 is 0. The fourth-order valence-corrected chi connectivity index (χ4v) is 3.05. The lowest BCUT2D eigenvalue weighted by Crippen LogP contribution is -2.45. The van der Waals surface area contributed by atoms with Crippen molar-refractivity contribution in [2.24, 2.45) is 0 Å². The van der Waals surface area contributed by atoms with Crippen LogP contribution in [0.2, 0.25) is 0 Å². The first-order valence-electron chi connectivity index (χ1n) is 7.52. The molecule has 2 aliphatic rings. The number of benzene rings is 1. The van der Waals surface area contributed by atoms with E-state index in [0.29, 0.717) is 13.2 Å². The average Bonchev–Trinajstić information content (AvgIpc) is 2.53. The molecule has 3 rings (SSSR count). The number of rotatable bonds is 2. The molecule has 108 valence electrons. The number of hydrogen-bond donors (Lipinski definition) is 1. The molecule has 4 nitrogen and oxygen atoms in total. The molecule has 1 fully saturated rings. The molecule has 1 aromatic carbocycles. The van der Waals surface area contributed by atoms with Crippen LogP contribution in [0.25, 0.3) is 0 Å². The molecule has 0 spiro atoms. The second-order valence-electron chi connectivity index (χ2n) is 5.52. The predicted molar refractivity (Wildman–Crippen MR) is 77.8 cm³/mol. The second kappa shape index (κ2) is 5.94. The highest BCUT2D eigenvalue weighted by Gasteiger charge is 2.26. The van der Waals surface area contributed by atoms with E-state index < -0.39 is 0 Å². The van der Waals surface area contributed by atoms with Gasteiger partial charge in [0.25, 0.3) is 5.91 Å². The molecule has 0 saturated carbocycles. The fourth-order valence-electron chi connectivity index (χ4n) is 3.05. The van der Waals surface area contributed by atoms with Crippen LogP contribution in [0, 0.1) is 0 Å². The maximum Gasteiger partial charge on any atom is 0.254 e. The van der Waals surface area contributed by atoms with Gasteiger partial charge in [0.15, 0.2) is 0 Å². The topological polar surface area (TPSA) is 41.6 Å². The van der Waals surface area contributed by atoms with Gasteiger partial charge in [0.1, 0.15) is 0 Å². The first-order valence-corrected chi connectivity index (χ1v) is 7.52. The summed E-state index contributed by atoms with van der Waals surface area (Å²) in [4.78, 5) is 14.7. The lowest BCUT2D eigenvalue weighted by atomic mass is 9.94. The minimum absolute atomic E-state index is 0.172. The van der Waals surface area contributed by atoms with Gasteiger partial charge >= 0.3 is 0 Å². The molecule has 1 atom stereocenters. The zero-order valence-corrected chi connectivity index (χ0v) is 12.0. The maximum absolute atomic E-state index is 12.8. The normalized spacial score (nSPS) is 22.4. The Morgan fingerprint density at radius 1 is 1.50 bits per heavy atom. The summed E-state index contributed by atoms with van der Waals surface area (Å²) in [5.41, 5.74) is 3.39. The Bertz CT molecular complexity index is 501. The molecule has 4 heteroatoms. The molecule has 1 unspecified atom stereocenters. The molecular weight excluding hydrogens is 252 g/mol. The molecule has 2 aliphatic heterocycles. The van der Waals surface area contributed by atoms with Crippen molar-refractivity contribution in [3.8, 4) is 0 Å². The van der Waals surface area contributed by atoms with Gasteiger partial charge in [-0.1, -0.05) is 19.1 Å². The number of hydrogen-bond acceptors (Lipinski definition) is 3. The number of nitrogens with one attached hydrogen (secondary N) is 1. The van der Waals surface area contributed by atoms with Crippen molar-refractivity contribution in [3.05, 3.63) is 34.9 Å². The van der Waals surface area contributed by atoms with Crippen molar-refractivity contribution >= 4 is 5.91 Å². The lowest BCUT2D eigenvalue weighted by Gasteiger charge is -2.33. The Kier molecular flexibility index (Phi) is 4.03. The monoisotopic (exact) mass is 274 g/mol. The number of carbonyl (C=O) groups is 1. The largest absolute Gasteiger partial charge is 0.375 e. The molecular formula is C16H22N2O2. The van der Waals surface area contributed by atoms with E-state index in [2.05, 4.69) is 18.3 Å². The molecule has 1 amide bonds. The molecule has 1 aromatic rings. The Morgan fingerprint density at radius 2 is 2.40 bits per heavy atom. The Labute approximate surface area is 120 Å².